The second-order valence-electron chi connectivity index (χ2n) is 3.69. The van der Waals surface area contributed by atoms with Gasteiger partial charge in [-0.05, 0) is 18.4 Å². The SMILES string of the molecule is CCC(C)C(O)Cn1cc(C)cn1. The fourth-order valence-corrected chi connectivity index (χ4v) is 1.21. The highest BCUT2D eigenvalue weighted by Crippen LogP contribution is 2.09. The van der Waals surface area contributed by atoms with Gasteiger partial charge in [0.1, 0.15) is 0 Å². The lowest BCUT2D eigenvalue weighted by atomic mass is 10.0. The number of aromatic nitrogens is 2. The number of hydrogen-bond acceptors (Lipinski definition) is 2. The second kappa shape index (κ2) is 4.42. The summed E-state index contributed by atoms with van der Waals surface area (Å²) >= 11 is 0. The first-order valence-electron chi connectivity index (χ1n) is 4.80. The van der Waals surface area contributed by atoms with E-state index in [1.807, 2.05) is 19.3 Å². The minimum atomic E-state index is -0.288. The van der Waals surface area contributed by atoms with Crippen molar-refractivity contribution in [2.24, 2.45) is 5.92 Å². The first kappa shape index (κ1) is 10.3. The second-order valence-corrected chi connectivity index (χ2v) is 3.69. The van der Waals surface area contributed by atoms with E-state index in [1.165, 1.54) is 0 Å². The molecule has 0 aliphatic heterocycles. The summed E-state index contributed by atoms with van der Waals surface area (Å²) in [5.74, 6) is 0.338. The van der Waals surface area contributed by atoms with Crippen LogP contribution in [0.5, 0.6) is 0 Å². The van der Waals surface area contributed by atoms with Crippen LogP contribution in [0.1, 0.15) is 25.8 Å². The molecule has 1 heterocycles. The van der Waals surface area contributed by atoms with Gasteiger partial charge >= 0.3 is 0 Å². The van der Waals surface area contributed by atoms with Gasteiger partial charge in [-0.1, -0.05) is 20.3 Å². The van der Waals surface area contributed by atoms with Crippen LogP contribution in [0.15, 0.2) is 12.4 Å². The molecule has 0 saturated carbocycles. The third-order valence-electron chi connectivity index (χ3n) is 2.44. The standard InChI is InChI=1S/C10H18N2O/c1-4-9(3)10(13)7-12-6-8(2)5-11-12/h5-6,9-10,13H,4,7H2,1-3H3. The van der Waals surface area contributed by atoms with Crippen LogP contribution in [-0.4, -0.2) is 21.0 Å². The molecule has 0 aliphatic rings. The van der Waals surface area contributed by atoms with Crippen molar-refractivity contribution in [3.8, 4) is 0 Å². The Hall–Kier alpha value is -0.830. The van der Waals surface area contributed by atoms with Crippen LogP contribution in [0.3, 0.4) is 0 Å². The van der Waals surface area contributed by atoms with Gasteiger partial charge in [-0.2, -0.15) is 5.10 Å². The summed E-state index contributed by atoms with van der Waals surface area (Å²) in [5, 5.41) is 13.8. The Balaban J connectivity index is 2.49. The van der Waals surface area contributed by atoms with E-state index in [9.17, 15) is 5.11 Å². The van der Waals surface area contributed by atoms with Crippen molar-refractivity contribution in [1.29, 1.82) is 0 Å². The molecule has 0 radical (unpaired) electrons. The highest BCUT2D eigenvalue weighted by molar-refractivity contribution is 4.99. The van der Waals surface area contributed by atoms with E-state index in [1.54, 1.807) is 4.68 Å². The first-order valence-corrected chi connectivity index (χ1v) is 4.80. The molecule has 1 rings (SSSR count). The summed E-state index contributed by atoms with van der Waals surface area (Å²) < 4.78 is 1.80. The van der Waals surface area contributed by atoms with Crippen molar-refractivity contribution >= 4 is 0 Å². The third kappa shape index (κ3) is 2.84. The summed E-state index contributed by atoms with van der Waals surface area (Å²) in [6.07, 6.45) is 4.47. The molecule has 1 aromatic heterocycles. The molecule has 74 valence electrons. The molecule has 1 aromatic rings. The van der Waals surface area contributed by atoms with Gasteiger partial charge in [-0.3, -0.25) is 4.68 Å². The topological polar surface area (TPSA) is 38.0 Å². The van der Waals surface area contributed by atoms with E-state index in [0.29, 0.717) is 12.5 Å². The first-order chi connectivity index (χ1) is 6.13. The van der Waals surface area contributed by atoms with E-state index in [0.717, 1.165) is 12.0 Å². The summed E-state index contributed by atoms with van der Waals surface area (Å²) in [4.78, 5) is 0. The largest absolute Gasteiger partial charge is 0.391 e. The van der Waals surface area contributed by atoms with Gasteiger partial charge in [0.05, 0.1) is 18.8 Å². The molecule has 1 N–H and O–H groups in total. The molecular formula is C10H18N2O. The molecule has 13 heavy (non-hydrogen) atoms. The highest BCUT2D eigenvalue weighted by Gasteiger charge is 2.12. The summed E-state index contributed by atoms with van der Waals surface area (Å²) in [6.45, 7) is 6.74. The zero-order valence-electron chi connectivity index (χ0n) is 8.57. The van der Waals surface area contributed by atoms with Crippen LogP contribution in [0, 0.1) is 12.8 Å². The minimum Gasteiger partial charge on any atom is -0.391 e. The molecule has 0 spiro atoms. The molecule has 0 fully saturated rings. The molecule has 3 nitrogen and oxygen atoms in total. The maximum absolute atomic E-state index is 9.72. The van der Waals surface area contributed by atoms with Crippen LogP contribution in [0.2, 0.25) is 0 Å². The normalized spacial score (nSPS) is 15.7. The van der Waals surface area contributed by atoms with Crippen molar-refractivity contribution in [1.82, 2.24) is 9.78 Å². The number of hydrogen-bond donors (Lipinski definition) is 1. The summed E-state index contributed by atoms with van der Waals surface area (Å²) in [7, 11) is 0. The molecule has 3 heteroatoms. The molecule has 0 bridgehead atoms. The van der Waals surface area contributed by atoms with Gasteiger partial charge in [-0.25, -0.2) is 0 Å². The molecule has 2 unspecified atom stereocenters. The Bertz CT molecular complexity index is 257. The number of aliphatic hydroxyl groups excluding tert-OH is 1. The van der Waals surface area contributed by atoms with Gasteiger partial charge in [0, 0.05) is 6.20 Å². The molecule has 0 saturated heterocycles. The van der Waals surface area contributed by atoms with Crippen LogP contribution in [-0.2, 0) is 6.54 Å². The Morgan fingerprint density at radius 2 is 2.31 bits per heavy atom. The highest BCUT2D eigenvalue weighted by atomic mass is 16.3. The minimum absolute atomic E-state index is 0.288. The van der Waals surface area contributed by atoms with Gasteiger partial charge in [0.25, 0.3) is 0 Å². The van der Waals surface area contributed by atoms with E-state index in [4.69, 9.17) is 0 Å². The van der Waals surface area contributed by atoms with Crippen LogP contribution < -0.4 is 0 Å². The lowest BCUT2D eigenvalue weighted by Crippen LogP contribution is -2.23. The van der Waals surface area contributed by atoms with Crippen molar-refractivity contribution in [3.63, 3.8) is 0 Å². The predicted octanol–water partition coefficient (Wildman–Crippen LogP) is 1.60. The Morgan fingerprint density at radius 3 is 2.77 bits per heavy atom. The number of aliphatic hydroxyl groups is 1. The monoisotopic (exact) mass is 182 g/mol. The maximum atomic E-state index is 9.72. The number of rotatable bonds is 4. The van der Waals surface area contributed by atoms with Crippen molar-refractivity contribution in [2.45, 2.75) is 39.8 Å². The van der Waals surface area contributed by atoms with Gasteiger partial charge < -0.3 is 5.11 Å². The van der Waals surface area contributed by atoms with E-state index in [-0.39, 0.29) is 6.10 Å². The number of nitrogens with zero attached hydrogens (tertiary/aromatic N) is 2. The van der Waals surface area contributed by atoms with Gasteiger partial charge in [0.15, 0.2) is 0 Å². The van der Waals surface area contributed by atoms with Crippen LogP contribution in [0.4, 0.5) is 0 Å². The van der Waals surface area contributed by atoms with Gasteiger partial charge in [-0.15, -0.1) is 0 Å². The lowest BCUT2D eigenvalue weighted by Gasteiger charge is -2.16. The van der Waals surface area contributed by atoms with Crippen LogP contribution >= 0.6 is 0 Å². The van der Waals surface area contributed by atoms with Crippen molar-refractivity contribution in [2.75, 3.05) is 0 Å². The number of aryl methyl sites for hydroxylation is 1. The fourth-order valence-electron chi connectivity index (χ4n) is 1.21. The quantitative estimate of drug-likeness (QED) is 0.768. The average molecular weight is 182 g/mol. The van der Waals surface area contributed by atoms with Crippen molar-refractivity contribution in [3.05, 3.63) is 18.0 Å². The molecular weight excluding hydrogens is 164 g/mol. The Morgan fingerprint density at radius 1 is 1.62 bits per heavy atom. The predicted molar refractivity (Wildman–Crippen MR) is 52.4 cm³/mol. The fraction of sp³-hybridized carbons (Fsp3) is 0.700. The zero-order chi connectivity index (χ0) is 9.84. The summed E-state index contributed by atoms with van der Waals surface area (Å²) in [6, 6.07) is 0. The Labute approximate surface area is 79.4 Å². The molecule has 0 amide bonds. The van der Waals surface area contributed by atoms with Crippen molar-refractivity contribution < 1.29 is 5.11 Å². The summed E-state index contributed by atoms with van der Waals surface area (Å²) in [5.41, 5.74) is 1.14. The van der Waals surface area contributed by atoms with Crippen LogP contribution in [0.25, 0.3) is 0 Å². The Kier molecular flexibility index (Phi) is 3.48. The van der Waals surface area contributed by atoms with E-state index >= 15 is 0 Å². The maximum Gasteiger partial charge on any atom is 0.0761 e. The zero-order valence-corrected chi connectivity index (χ0v) is 8.57. The lowest BCUT2D eigenvalue weighted by molar-refractivity contribution is 0.0929. The average Bonchev–Trinajstić information content (AvgIpc) is 2.49. The molecule has 0 aromatic carbocycles. The molecule has 2 atom stereocenters. The third-order valence-corrected chi connectivity index (χ3v) is 2.44. The smallest absolute Gasteiger partial charge is 0.0761 e. The van der Waals surface area contributed by atoms with Gasteiger partial charge in [0.2, 0.25) is 0 Å². The van der Waals surface area contributed by atoms with E-state index < -0.39 is 0 Å². The molecule has 0 aliphatic carbocycles. The van der Waals surface area contributed by atoms with E-state index in [2.05, 4.69) is 18.9 Å².